The van der Waals surface area contributed by atoms with Crippen LogP contribution in [0, 0.1) is 6.92 Å². The molecule has 0 spiro atoms. The number of alkyl halides is 3. The van der Waals surface area contributed by atoms with Gasteiger partial charge in [-0.3, -0.25) is 5.32 Å². The lowest BCUT2D eigenvalue weighted by atomic mass is 10.0. The summed E-state index contributed by atoms with van der Waals surface area (Å²) in [6.07, 6.45) is -3.87. The van der Waals surface area contributed by atoms with Crippen molar-refractivity contribution < 1.29 is 27.4 Å². The van der Waals surface area contributed by atoms with E-state index in [1.165, 1.54) is 17.7 Å². The molecule has 152 valence electrons. The average molecular weight is 395 g/mol. The van der Waals surface area contributed by atoms with Crippen LogP contribution in [0.1, 0.15) is 41.7 Å². The van der Waals surface area contributed by atoms with Crippen LogP contribution in [0.3, 0.4) is 0 Å². The molecule has 0 aliphatic heterocycles. The number of carbonyl (C=O) groups excluding carboxylic acids is 1. The Morgan fingerprint density at radius 2 is 1.79 bits per heavy atom. The number of benzene rings is 2. The van der Waals surface area contributed by atoms with Gasteiger partial charge in [-0.05, 0) is 54.7 Å². The highest BCUT2D eigenvalue weighted by molar-refractivity contribution is 5.85. The molecule has 0 saturated carbocycles. The van der Waals surface area contributed by atoms with E-state index in [0.717, 1.165) is 30.7 Å². The number of methoxy groups -OCH3 is 1. The number of hydrogen-bond acceptors (Lipinski definition) is 3. The number of amides is 1. The molecular weight excluding hydrogens is 371 g/mol. The van der Waals surface area contributed by atoms with Gasteiger partial charge in [0, 0.05) is 5.56 Å². The molecule has 0 heterocycles. The number of anilines is 1. The predicted octanol–water partition coefficient (Wildman–Crippen LogP) is 5.90. The molecule has 0 aliphatic carbocycles. The van der Waals surface area contributed by atoms with E-state index < -0.39 is 17.8 Å². The number of hydrogen-bond donors (Lipinski definition) is 1. The van der Waals surface area contributed by atoms with E-state index in [1.807, 2.05) is 32.9 Å². The lowest BCUT2D eigenvalue weighted by Gasteiger charge is -2.19. The Labute approximate surface area is 162 Å². The lowest BCUT2D eigenvalue weighted by Crippen LogP contribution is -2.17. The number of rotatable bonds is 6. The van der Waals surface area contributed by atoms with Gasteiger partial charge < -0.3 is 9.47 Å². The number of aryl methyl sites for hydroxylation is 3. The molecule has 28 heavy (non-hydrogen) atoms. The van der Waals surface area contributed by atoms with Crippen LogP contribution in [0.4, 0.5) is 23.7 Å². The first-order valence-electron chi connectivity index (χ1n) is 9.00. The molecule has 0 aliphatic rings. The fraction of sp³-hybridized carbons (Fsp3) is 0.381. The minimum absolute atomic E-state index is 0.00150. The maximum absolute atomic E-state index is 13.5. The summed E-state index contributed by atoms with van der Waals surface area (Å²) in [4.78, 5) is 11.5. The van der Waals surface area contributed by atoms with Crippen molar-refractivity contribution in [1.82, 2.24) is 0 Å². The Morgan fingerprint density at radius 3 is 2.36 bits per heavy atom. The number of halogens is 3. The molecular formula is C21H24F3NO3. The lowest BCUT2D eigenvalue weighted by molar-refractivity contribution is -0.138. The normalized spacial score (nSPS) is 11.2. The van der Waals surface area contributed by atoms with Gasteiger partial charge in [0.05, 0.1) is 18.4 Å². The second-order valence-electron chi connectivity index (χ2n) is 6.33. The molecule has 2 rings (SSSR count). The monoisotopic (exact) mass is 395 g/mol. The quantitative estimate of drug-likeness (QED) is 0.663. The van der Waals surface area contributed by atoms with Crippen molar-refractivity contribution in [2.75, 3.05) is 12.4 Å². The Balaban J connectivity index is 2.42. The van der Waals surface area contributed by atoms with E-state index in [9.17, 15) is 18.0 Å². The van der Waals surface area contributed by atoms with Crippen LogP contribution in [0.15, 0.2) is 30.3 Å². The fourth-order valence-corrected chi connectivity index (χ4v) is 3.00. The first kappa shape index (κ1) is 21.6. The average Bonchev–Trinajstić information content (AvgIpc) is 2.65. The van der Waals surface area contributed by atoms with Crippen LogP contribution >= 0.6 is 0 Å². The first-order chi connectivity index (χ1) is 13.2. The first-order valence-corrected chi connectivity index (χ1v) is 9.00. The predicted molar refractivity (Wildman–Crippen MR) is 102 cm³/mol. The van der Waals surface area contributed by atoms with Gasteiger partial charge in [0.2, 0.25) is 0 Å². The maximum Gasteiger partial charge on any atom is 0.416 e. The van der Waals surface area contributed by atoms with E-state index in [1.54, 1.807) is 0 Å². The van der Waals surface area contributed by atoms with Crippen LogP contribution < -0.4 is 10.1 Å². The van der Waals surface area contributed by atoms with Crippen molar-refractivity contribution in [3.8, 4) is 5.75 Å². The summed E-state index contributed by atoms with van der Waals surface area (Å²) in [6, 6.07) is 7.45. The summed E-state index contributed by atoms with van der Waals surface area (Å²) in [7, 11) is 1.14. The molecule has 0 radical (unpaired) electrons. The van der Waals surface area contributed by atoms with Gasteiger partial charge in [0.25, 0.3) is 0 Å². The molecule has 2 aromatic rings. The molecule has 2 aromatic carbocycles. The second-order valence-corrected chi connectivity index (χ2v) is 6.33. The molecule has 4 nitrogen and oxygen atoms in total. The van der Waals surface area contributed by atoms with Gasteiger partial charge in [-0.15, -0.1) is 0 Å². The summed E-state index contributed by atoms with van der Waals surface area (Å²) in [6.45, 7) is 5.61. The van der Waals surface area contributed by atoms with Crippen LogP contribution in [-0.4, -0.2) is 13.2 Å². The highest BCUT2D eigenvalue weighted by atomic mass is 19.4. The fourth-order valence-electron chi connectivity index (χ4n) is 3.00. The van der Waals surface area contributed by atoms with Crippen molar-refractivity contribution in [3.05, 3.63) is 58.1 Å². The van der Waals surface area contributed by atoms with Gasteiger partial charge in [-0.1, -0.05) is 26.0 Å². The third-order valence-corrected chi connectivity index (χ3v) is 4.56. The summed E-state index contributed by atoms with van der Waals surface area (Å²) in [5.74, 6) is 0.540. The van der Waals surface area contributed by atoms with Gasteiger partial charge in [0.1, 0.15) is 12.4 Å². The third-order valence-electron chi connectivity index (χ3n) is 4.56. The molecule has 7 heteroatoms. The zero-order valence-corrected chi connectivity index (χ0v) is 16.4. The second kappa shape index (κ2) is 8.99. The summed E-state index contributed by atoms with van der Waals surface area (Å²) in [5, 5.41) is 2.33. The standard InChI is InChI=1S/C21H24F3NO3/c1-5-14-11-15(6-2)19(10-13(14)3)28-12-16-17(21(22,23)24)8-7-9-18(16)25-20(26)27-4/h7-11H,5-6,12H2,1-4H3,(H,25,26). The molecule has 0 unspecified atom stereocenters. The summed E-state index contributed by atoms with van der Waals surface area (Å²) in [5.41, 5.74) is 2.11. The highest BCUT2D eigenvalue weighted by Crippen LogP contribution is 2.36. The molecule has 0 bridgehead atoms. The van der Waals surface area contributed by atoms with Crippen molar-refractivity contribution in [1.29, 1.82) is 0 Å². The smallest absolute Gasteiger partial charge is 0.416 e. The maximum atomic E-state index is 13.5. The van der Waals surface area contributed by atoms with Gasteiger partial charge in [-0.2, -0.15) is 13.2 Å². The van der Waals surface area contributed by atoms with E-state index in [-0.39, 0.29) is 17.9 Å². The van der Waals surface area contributed by atoms with Gasteiger partial charge in [-0.25, -0.2) is 4.79 Å². The molecule has 0 fully saturated rings. The summed E-state index contributed by atoms with van der Waals surface area (Å²) >= 11 is 0. The highest BCUT2D eigenvalue weighted by Gasteiger charge is 2.34. The zero-order chi connectivity index (χ0) is 20.9. The van der Waals surface area contributed by atoms with E-state index in [0.29, 0.717) is 12.2 Å². The molecule has 0 aromatic heterocycles. The van der Waals surface area contributed by atoms with Crippen LogP contribution in [-0.2, 0) is 30.4 Å². The molecule has 1 N–H and O–H groups in total. The number of ether oxygens (including phenoxy) is 2. The van der Waals surface area contributed by atoms with Crippen LogP contribution in [0.25, 0.3) is 0 Å². The molecule has 0 atom stereocenters. The Kier molecular flexibility index (Phi) is 6.94. The van der Waals surface area contributed by atoms with Crippen molar-refractivity contribution in [2.45, 2.75) is 46.4 Å². The summed E-state index contributed by atoms with van der Waals surface area (Å²) < 4.78 is 50.7. The molecule has 0 saturated heterocycles. The Bertz CT molecular complexity index is 848. The minimum Gasteiger partial charge on any atom is -0.489 e. The van der Waals surface area contributed by atoms with E-state index >= 15 is 0 Å². The third kappa shape index (κ3) is 4.97. The van der Waals surface area contributed by atoms with Crippen molar-refractivity contribution >= 4 is 11.8 Å². The van der Waals surface area contributed by atoms with E-state index in [4.69, 9.17) is 4.74 Å². The zero-order valence-electron chi connectivity index (χ0n) is 16.4. The van der Waals surface area contributed by atoms with Crippen LogP contribution in [0.2, 0.25) is 0 Å². The largest absolute Gasteiger partial charge is 0.489 e. The van der Waals surface area contributed by atoms with E-state index in [2.05, 4.69) is 10.1 Å². The van der Waals surface area contributed by atoms with Crippen molar-refractivity contribution in [2.24, 2.45) is 0 Å². The topological polar surface area (TPSA) is 47.6 Å². The number of carbonyl (C=O) groups is 1. The molecule has 1 amide bonds. The minimum atomic E-state index is -4.58. The SMILES string of the molecule is CCc1cc(CC)c(OCc2c(NC(=O)OC)cccc2C(F)(F)F)cc1C. The van der Waals surface area contributed by atoms with Gasteiger partial charge >= 0.3 is 12.3 Å². The Hall–Kier alpha value is -2.70. The van der Waals surface area contributed by atoms with Crippen molar-refractivity contribution in [3.63, 3.8) is 0 Å². The Morgan fingerprint density at radius 1 is 1.11 bits per heavy atom. The van der Waals surface area contributed by atoms with Gasteiger partial charge in [0.15, 0.2) is 0 Å². The number of nitrogens with one attached hydrogen (secondary N) is 1. The van der Waals surface area contributed by atoms with Crippen LogP contribution in [0.5, 0.6) is 5.75 Å².